The van der Waals surface area contributed by atoms with Crippen molar-refractivity contribution in [1.29, 1.82) is 0 Å². The summed E-state index contributed by atoms with van der Waals surface area (Å²) in [6, 6.07) is 19.7. The summed E-state index contributed by atoms with van der Waals surface area (Å²) >= 11 is 0. The molecule has 1 aromatic heterocycles. The summed E-state index contributed by atoms with van der Waals surface area (Å²) in [4.78, 5) is 25.8. The molecule has 0 aliphatic heterocycles. The van der Waals surface area contributed by atoms with Crippen LogP contribution in [0.5, 0.6) is 11.5 Å². The fourth-order valence-electron chi connectivity index (χ4n) is 3.66. The summed E-state index contributed by atoms with van der Waals surface area (Å²) in [5, 5.41) is 6.63. The Morgan fingerprint density at radius 3 is 1.94 bits per heavy atom. The highest BCUT2D eigenvalue weighted by molar-refractivity contribution is 6.08. The fourth-order valence-corrected chi connectivity index (χ4v) is 3.66. The number of aryl methyl sites for hydroxylation is 1. The van der Waals surface area contributed by atoms with Crippen molar-refractivity contribution in [2.45, 2.75) is 20.8 Å². The van der Waals surface area contributed by atoms with Crippen LogP contribution in [0.3, 0.4) is 0 Å². The lowest BCUT2D eigenvalue weighted by atomic mass is 10.1. The average molecular weight is 459 g/mol. The number of nitrogens with one attached hydrogen (secondary N) is 2. The molecule has 3 aromatic carbocycles. The summed E-state index contributed by atoms with van der Waals surface area (Å²) < 4.78 is 17.3. The topological polar surface area (TPSA) is 89.8 Å². The van der Waals surface area contributed by atoms with Gasteiger partial charge in [-0.1, -0.05) is 36.4 Å². The highest BCUT2D eigenvalue weighted by Gasteiger charge is 2.21. The number of rotatable bonds is 8. The second-order valence-corrected chi connectivity index (χ2v) is 7.54. The van der Waals surface area contributed by atoms with Crippen molar-refractivity contribution in [2.24, 2.45) is 0 Å². The van der Waals surface area contributed by atoms with Gasteiger partial charge in [0.05, 0.1) is 24.6 Å². The van der Waals surface area contributed by atoms with Crippen LogP contribution >= 0.6 is 0 Å². The Bertz CT molecular complexity index is 1330. The van der Waals surface area contributed by atoms with E-state index in [0.717, 1.165) is 10.9 Å². The Kier molecular flexibility index (Phi) is 6.82. The smallest absolute Gasteiger partial charge is 0.291 e. The van der Waals surface area contributed by atoms with Crippen LogP contribution in [0.2, 0.25) is 0 Å². The Morgan fingerprint density at radius 1 is 0.794 bits per heavy atom. The van der Waals surface area contributed by atoms with E-state index >= 15 is 0 Å². The van der Waals surface area contributed by atoms with Gasteiger partial charge < -0.3 is 24.5 Å². The Balaban J connectivity index is 1.67. The lowest BCUT2D eigenvalue weighted by Crippen LogP contribution is -2.16. The van der Waals surface area contributed by atoms with E-state index in [0.29, 0.717) is 47.2 Å². The highest BCUT2D eigenvalue weighted by atomic mass is 16.5. The predicted octanol–water partition coefficient (Wildman–Crippen LogP) is 6.04. The Labute approximate surface area is 197 Å². The summed E-state index contributed by atoms with van der Waals surface area (Å²) in [5.74, 6) is 0.350. The number of anilines is 2. The van der Waals surface area contributed by atoms with E-state index in [1.165, 1.54) is 0 Å². The Morgan fingerprint density at radius 2 is 1.35 bits per heavy atom. The molecule has 0 radical (unpaired) electrons. The van der Waals surface area contributed by atoms with Crippen molar-refractivity contribution in [3.8, 4) is 11.5 Å². The minimum absolute atomic E-state index is 0.225. The molecule has 4 aromatic rings. The molecule has 0 fully saturated rings. The molecular weight excluding hydrogens is 432 g/mol. The summed E-state index contributed by atoms with van der Waals surface area (Å²) in [7, 11) is 0. The number of fused-ring (bicyclic) bond motifs is 1. The maximum Gasteiger partial charge on any atom is 0.291 e. The van der Waals surface area contributed by atoms with Crippen LogP contribution in [-0.2, 0) is 0 Å². The zero-order valence-corrected chi connectivity index (χ0v) is 19.3. The maximum absolute atomic E-state index is 13.1. The van der Waals surface area contributed by atoms with E-state index in [2.05, 4.69) is 10.6 Å². The molecule has 4 rings (SSSR count). The minimum atomic E-state index is -0.404. The lowest BCUT2D eigenvalue weighted by Gasteiger charge is -2.17. The summed E-state index contributed by atoms with van der Waals surface area (Å²) in [5.41, 5.74) is 2.76. The van der Waals surface area contributed by atoms with Crippen LogP contribution in [0.15, 0.2) is 71.1 Å². The molecule has 0 aliphatic rings. The number of hydrogen-bond acceptors (Lipinski definition) is 5. The molecule has 0 unspecified atom stereocenters. The maximum atomic E-state index is 13.1. The number of carbonyl (C=O) groups excluding carboxylic acids is 2. The first-order valence-corrected chi connectivity index (χ1v) is 11.1. The number of amides is 2. The molecule has 0 spiro atoms. The molecule has 1 heterocycles. The fraction of sp³-hybridized carbons (Fsp3) is 0.185. The Hall–Kier alpha value is -4.26. The van der Waals surface area contributed by atoms with Gasteiger partial charge in [-0.25, -0.2) is 0 Å². The molecular formula is C27H26N2O5. The van der Waals surface area contributed by atoms with Gasteiger partial charge >= 0.3 is 0 Å². The van der Waals surface area contributed by atoms with Crippen LogP contribution in [0.4, 0.5) is 11.4 Å². The molecule has 0 saturated heterocycles. The van der Waals surface area contributed by atoms with Crippen molar-refractivity contribution in [3.05, 3.63) is 83.6 Å². The van der Waals surface area contributed by atoms with Crippen LogP contribution in [0.1, 0.15) is 40.3 Å². The normalized spacial score (nSPS) is 10.7. The standard InChI is InChI=1S/C27H26N2O5/c1-4-32-23-16-21(29-27(31)25-17(3)19-13-9-10-14-22(19)34-25)24(33-5-2)15-20(23)28-26(30)18-11-7-6-8-12-18/h6-16H,4-5H2,1-3H3,(H,28,30)(H,29,31). The molecule has 0 aliphatic carbocycles. The molecule has 2 amide bonds. The first kappa shape index (κ1) is 22.9. The zero-order valence-electron chi connectivity index (χ0n) is 19.3. The van der Waals surface area contributed by atoms with E-state index in [4.69, 9.17) is 13.9 Å². The number of benzene rings is 3. The van der Waals surface area contributed by atoms with E-state index < -0.39 is 5.91 Å². The van der Waals surface area contributed by atoms with Gasteiger partial charge in [0.25, 0.3) is 11.8 Å². The van der Waals surface area contributed by atoms with Gasteiger partial charge in [0, 0.05) is 28.6 Å². The van der Waals surface area contributed by atoms with Crippen molar-refractivity contribution in [2.75, 3.05) is 23.8 Å². The number of carbonyl (C=O) groups is 2. The molecule has 174 valence electrons. The third kappa shape index (κ3) is 4.73. The largest absolute Gasteiger partial charge is 0.492 e. The number of hydrogen-bond donors (Lipinski definition) is 2. The van der Waals surface area contributed by atoms with E-state index in [1.807, 2.05) is 51.1 Å². The molecule has 0 bridgehead atoms. The van der Waals surface area contributed by atoms with Crippen molar-refractivity contribution in [3.63, 3.8) is 0 Å². The van der Waals surface area contributed by atoms with Crippen LogP contribution < -0.4 is 20.1 Å². The molecule has 0 saturated carbocycles. The molecule has 7 nitrogen and oxygen atoms in total. The predicted molar refractivity (Wildman–Crippen MR) is 132 cm³/mol. The quantitative estimate of drug-likeness (QED) is 0.336. The van der Waals surface area contributed by atoms with Gasteiger partial charge in [0.15, 0.2) is 5.76 Å². The van der Waals surface area contributed by atoms with Gasteiger partial charge in [-0.15, -0.1) is 0 Å². The lowest BCUT2D eigenvalue weighted by molar-refractivity contribution is 0.0995. The molecule has 0 atom stereocenters. The number of ether oxygens (including phenoxy) is 2. The molecule has 7 heteroatoms. The van der Waals surface area contributed by atoms with Crippen LogP contribution in [0, 0.1) is 6.92 Å². The monoisotopic (exact) mass is 458 g/mol. The minimum Gasteiger partial charge on any atom is -0.492 e. The third-order valence-corrected chi connectivity index (χ3v) is 5.26. The van der Waals surface area contributed by atoms with Gasteiger partial charge in [-0.05, 0) is 39.0 Å². The second-order valence-electron chi connectivity index (χ2n) is 7.54. The zero-order chi connectivity index (χ0) is 24.1. The van der Waals surface area contributed by atoms with Gasteiger partial charge in [0.1, 0.15) is 17.1 Å². The van der Waals surface area contributed by atoms with E-state index in [9.17, 15) is 9.59 Å². The summed E-state index contributed by atoms with van der Waals surface area (Å²) in [6.07, 6.45) is 0. The third-order valence-electron chi connectivity index (χ3n) is 5.26. The van der Waals surface area contributed by atoms with Crippen molar-refractivity contribution >= 4 is 34.2 Å². The number of para-hydroxylation sites is 1. The highest BCUT2D eigenvalue weighted by Crippen LogP contribution is 2.38. The van der Waals surface area contributed by atoms with Crippen molar-refractivity contribution < 1.29 is 23.5 Å². The van der Waals surface area contributed by atoms with Gasteiger partial charge in [0.2, 0.25) is 0 Å². The van der Waals surface area contributed by atoms with Gasteiger partial charge in [-0.2, -0.15) is 0 Å². The second kappa shape index (κ2) is 10.1. The molecule has 34 heavy (non-hydrogen) atoms. The first-order valence-electron chi connectivity index (χ1n) is 11.1. The van der Waals surface area contributed by atoms with Crippen molar-refractivity contribution in [1.82, 2.24) is 0 Å². The van der Waals surface area contributed by atoms with Crippen LogP contribution in [0.25, 0.3) is 11.0 Å². The average Bonchev–Trinajstić information content (AvgIpc) is 3.19. The SMILES string of the molecule is CCOc1cc(NC(=O)c2oc3ccccc3c2C)c(OCC)cc1NC(=O)c1ccccc1. The summed E-state index contributed by atoms with van der Waals surface area (Å²) in [6.45, 7) is 6.27. The van der Waals surface area contributed by atoms with Crippen LogP contribution in [-0.4, -0.2) is 25.0 Å². The van der Waals surface area contributed by atoms with E-state index in [-0.39, 0.29) is 11.7 Å². The van der Waals surface area contributed by atoms with Gasteiger partial charge in [-0.3, -0.25) is 9.59 Å². The first-order chi connectivity index (χ1) is 16.5. The van der Waals surface area contributed by atoms with E-state index in [1.54, 1.807) is 36.4 Å². The number of furan rings is 1. The molecule has 2 N–H and O–H groups in total.